The third-order valence-electron chi connectivity index (χ3n) is 2.41. The minimum absolute atomic E-state index is 0.120. The SMILES string of the molecule is N[C@H]1CC(=O)N[C@@H]1c1ccccc1F. The smallest absolute Gasteiger partial charge is 0.222 e. The highest BCUT2D eigenvalue weighted by Crippen LogP contribution is 2.24. The highest BCUT2D eigenvalue weighted by atomic mass is 19.1. The molecule has 1 heterocycles. The summed E-state index contributed by atoms with van der Waals surface area (Å²) >= 11 is 0. The first kappa shape index (κ1) is 9.15. The van der Waals surface area contributed by atoms with Gasteiger partial charge in [0.05, 0.1) is 6.04 Å². The number of nitrogens with two attached hydrogens (primary N) is 1. The van der Waals surface area contributed by atoms with Gasteiger partial charge in [-0.15, -0.1) is 0 Å². The quantitative estimate of drug-likeness (QED) is 0.692. The number of rotatable bonds is 1. The minimum atomic E-state index is -0.385. The Morgan fingerprint density at radius 1 is 1.43 bits per heavy atom. The third-order valence-corrected chi connectivity index (χ3v) is 2.41. The van der Waals surface area contributed by atoms with Crippen molar-refractivity contribution in [2.24, 2.45) is 5.73 Å². The number of carbonyl (C=O) groups excluding carboxylic acids is 1. The Kier molecular flexibility index (Phi) is 2.21. The van der Waals surface area contributed by atoms with E-state index in [9.17, 15) is 9.18 Å². The van der Waals surface area contributed by atoms with Crippen molar-refractivity contribution in [3.05, 3.63) is 35.6 Å². The van der Waals surface area contributed by atoms with Gasteiger partial charge in [0.25, 0.3) is 0 Å². The van der Waals surface area contributed by atoms with Crippen LogP contribution >= 0.6 is 0 Å². The van der Waals surface area contributed by atoms with Gasteiger partial charge in [-0.05, 0) is 6.07 Å². The van der Waals surface area contributed by atoms with Crippen molar-refractivity contribution in [2.75, 3.05) is 0 Å². The molecule has 0 unspecified atom stereocenters. The molecule has 4 heteroatoms. The number of hydrogen-bond acceptors (Lipinski definition) is 2. The Hall–Kier alpha value is -1.42. The van der Waals surface area contributed by atoms with E-state index in [1.165, 1.54) is 6.07 Å². The second-order valence-corrected chi connectivity index (χ2v) is 3.43. The van der Waals surface area contributed by atoms with Crippen LogP contribution in [0.2, 0.25) is 0 Å². The topological polar surface area (TPSA) is 55.1 Å². The van der Waals surface area contributed by atoms with Crippen LogP contribution < -0.4 is 11.1 Å². The van der Waals surface area contributed by atoms with Crippen LogP contribution in [0, 0.1) is 5.82 Å². The lowest BCUT2D eigenvalue weighted by Gasteiger charge is -2.15. The molecule has 1 amide bonds. The molecule has 3 N–H and O–H groups in total. The molecule has 0 aromatic heterocycles. The molecule has 0 radical (unpaired) electrons. The zero-order valence-electron chi connectivity index (χ0n) is 7.53. The number of halogens is 1. The molecule has 3 nitrogen and oxygen atoms in total. The van der Waals surface area contributed by atoms with E-state index in [0.717, 1.165) is 0 Å². The Balaban J connectivity index is 2.32. The molecule has 0 saturated carbocycles. The maximum absolute atomic E-state index is 13.3. The summed E-state index contributed by atoms with van der Waals surface area (Å²) in [4.78, 5) is 11.0. The Morgan fingerprint density at radius 2 is 2.14 bits per heavy atom. The van der Waals surface area contributed by atoms with E-state index in [4.69, 9.17) is 5.73 Å². The summed E-state index contributed by atoms with van der Waals surface area (Å²) in [5, 5.41) is 2.66. The zero-order chi connectivity index (χ0) is 10.1. The summed E-state index contributed by atoms with van der Waals surface area (Å²) in [6, 6.07) is 5.64. The molecular formula is C10H11FN2O. The largest absolute Gasteiger partial charge is 0.348 e. The van der Waals surface area contributed by atoms with Crippen molar-refractivity contribution >= 4 is 5.91 Å². The van der Waals surface area contributed by atoms with Crippen molar-refractivity contribution in [1.82, 2.24) is 5.32 Å². The average molecular weight is 194 g/mol. The van der Waals surface area contributed by atoms with Crippen molar-refractivity contribution in [1.29, 1.82) is 0 Å². The predicted octanol–water partition coefficient (Wildman–Crippen LogP) is 0.714. The van der Waals surface area contributed by atoms with Gasteiger partial charge >= 0.3 is 0 Å². The highest BCUT2D eigenvalue weighted by molar-refractivity contribution is 5.80. The van der Waals surface area contributed by atoms with Gasteiger partial charge in [0, 0.05) is 18.0 Å². The third kappa shape index (κ3) is 1.48. The normalized spacial score (nSPS) is 26.3. The number of nitrogens with one attached hydrogen (secondary N) is 1. The number of carbonyl (C=O) groups is 1. The van der Waals surface area contributed by atoms with Crippen LogP contribution in [0.25, 0.3) is 0 Å². The van der Waals surface area contributed by atoms with Crippen LogP contribution in [0.3, 0.4) is 0 Å². The number of benzene rings is 1. The van der Waals surface area contributed by atoms with Crippen LogP contribution in [0.4, 0.5) is 4.39 Å². The van der Waals surface area contributed by atoms with Crippen LogP contribution in [0.1, 0.15) is 18.0 Å². The van der Waals surface area contributed by atoms with Crippen molar-refractivity contribution in [3.63, 3.8) is 0 Å². The first-order valence-corrected chi connectivity index (χ1v) is 4.48. The van der Waals surface area contributed by atoms with Gasteiger partial charge in [0.1, 0.15) is 5.82 Å². The molecular weight excluding hydrogens is 183 g/mol. The monoisotopic (exact) mass is 194 g/mol. The minimum Gasteiger partial charge on any atom is -0.348 e. The molecule has 1 saturated heterocycles. The van der Waals surface area contributed by atoms with Gasteiger partial charge in [-0.25, -0.2) is 4.39 Å². The lowest BCUT2D eigenvalue weighted by atomic mass is 10.0. The molecule has 1 fully saturated rings. The van der Waals surface area contributed by atoms with Gasteiger partial charge in [-0.2, -0.15) is 0 Å². The molecule has 0 spiro atoms. The van der Waals surface area contributed by atoms with E-state index in [2.05, 4.69) is 5.32 Å². The molecule has 0 bridgehead atoms. The van der Waals surface area contributed by atoms with Crippen molar-refractivity contribution in [2.45, 2.75) is 18.5 Å². The van der Waals surface area contributed by atoms with Crippen LogP contribution in [-0.4, -0.2) is 11.9 Å². The number of hydrogen-bond donors (Lipinski definition) is 2. The summed E-state index contributed by atoms with van der Waals surface area (Å²) in [6.45, 7) is 0. The van der Waals surface area contributed by atoms with Gasteiger partial charge in [0.2, 0.25) is 5.91 Å². The van der Waals surface area contributed by atoms with Crippen LogP contribution in [-0.2, 0) is 4.79 Å². The predicted molar refractivity (Wildman–Crippen MR) is 49.9 cm³/mol. The lowest BCUT2D eigenvalue weighted by molar-refractivity contribution is -0.119. The Morgan fingerprint density at radius 3 is 2.71 bits per heavy atom. The van der Waals surface area contributed by atoms with Crippen LogP contribution in [0.5, 0.6) is 0 Å². The summed E-state index contributed by atoms with van der Waals surface area (Å²) in [5.41, 5.74) is 6.18. The standard InChI is InChI=1S/C10H11FN2O/c11-7-4-2-1-3-6(7)10-8(12)5-9(14)13-10/h1-4,8,10H,5,12H2,(H,13,14)/t8-,10+/m0/s1. The van der Waals surface area contributed by atoms with Crippen LogP contribution in [0.15, 0.2) is 24.3 Å². The first-order valence-electron chi connectivity index (χ1n) is 4.48. The van der Waals surface area contributed by atoms with E-state index in [1.807, 2.05) is 0 Å². The maximum Gasteiger partial charge on any atom is 0.222 e. The molecule has 74 valence electrons. The highest BCUT2D eigenvalue weighted by Gasteiger charge is 2.31. The van der Waals surface area contributed by atoms with Gasteiger partial charge in [0.15, 0.2) is 0 Å². The van der Waals surface area contributed by atoms with Gasteiger partial charge in [-0.3, -0.25) is 4.79 Å². The Labute approximate surface area is 81.1 Å². The van der Waals surface area contributed by atoms with E-state index in [0.29, 0.717) is 5.56 Å². The molecule has 14 heavy (non-hydrogen) atoms. The molecule has 1 aromatic rings. The fraction of sp³-hybridized carbons (Fsp3) is 0.300. The average Bonchev–Trinajstić information content (AvgIpc) is 2.46. The van der Waals surface area contributed by atoms with E-state index >= 15 is 0 Å². The van der Waals surface area contributed by atoms with Gasteiger partial charge < -0.3 is 11.1 Å². The molecule has 2 rings (SSSR count). The molecule has 1 aliphatic rings. The van der Waals surface area contributed by atoms with E-state index in [-0.39, 0.29) is 30.2 Å². The fourth-order valence-electron chi connectivity index (χ4n) is 1.71. The first-order chi connectivity index (χ1) is 6.68. The molecule has 1 aromatic carbocycles. The van der Waals surface area contributed by atoms with E-state index < -0.39 is 0 Å². The lowest BCUT2D eigenvalue weighted by Crippen LogP contribution is -2.29. The maximum atomic E-state index is 13.3. The summed E-state index contributed by atoms with van der Waals surface area (Å²) in [6.07, 6.45) is 0.263. The van der Waals surface area contributed by atoms with Crippen molar-refractivity contribution < 1.29 is 9.18 Å². The van der Waals surface area contributed by atoms with Gasteiger partial charge in [-0.1, -0.05) is 18.2 Å². The Bertz CT molecular complexity index is 367. The zero-order valence-corrected chi connectivity index (χ0v) is 7.53. The second-order valence-electron chi connectivity index (χ2n) is 3.43. The summed E-state index contributed by atoms with van der Waals surface area (Å²) < 4.78 is 13.3. The molecule has 2 atom stereocenters. The number of amides is 1. The fourth-order valence-corrected chi connectivity index (χ4v) is 1.71. The molecule has 0 aliphatic carbocycles. The summed E-state index contributed by atoms with van der Waals surface area (Å²) in [5.74, 6) is -0.444. The molecule has 1 aliphatic heterocycles. The summed E-state index contributed by atoms with van der Waals surface area (Å²) in [7, 11) is 0. The second kappa shape index (κ2) is 3.38. The van der Waals surface area contributed by atoms with Crippen molar-refractivity contribution in [3.8, 4) is 0 Å². The van der Waals surface area contributed by atoms with E-state index in [1.54, 1.807) is 18.2 Å².